The maximum Gasteiger partial charge on any atom is 0.275 e. The van der Waals surface area contributed by atoms with Crippen molar-refractivity contribution in [2.75, 3.05) is 13.4 Å². The van der Waals surface area contributed by atoms with Gasteiger partial charge in [0.1, 0.15) is 0 Å². The molecule has 37 heavy (non-hydrogen) atoms. The number of aromatic nitrogens is 2. The summed E-state index contributed by atoms with van der Waals surface area (Å²) in [6, 6.07) is 20.0. The Kier molecular flexibility index (Phi) is 7.56. The third-order valence-electron chi connectivity index (χ3n) is 6.28. The van der Waals surface area contributed by atoms with Crippen LogP contribution in [0.15, 0.2) is 82.5 Å². The quantitative estimate of drug-likeness (QED) is 0.375. The van der Waals surface area contributed by atoms with E-state index in [2.05, 4.69) is 5.10 Å². The minimum Gasteiger partial charge on any atom is -0.494 e. The van der Waals surface area contributed by atoms with Crippen LogP contribution in [-0.2, 0) is 22.8 Å². The molecule has 0 aliphatic carbocycles. The van der Waals surface area contributed by atoms with Crippen LogP contribution >= 0.6 is 0 Å². The van der Waals surface area contributed by atoms with Crippen LogP contribution in [0.1, 0.15) is 28.4 Å². The number of rotatable bonds is 8. The second-order valence-corrected chi connectivity index (χ2v) is 10.8. The first-order valence-electron chi connectivity index (χ1n) is 11.6. The van der Waals surface area contributed by atoms with E-state index in [1.165, 1.54) is 30.0 Å². The average molecular weight is 522 g/mol. The van der Waals surface area contributed by atoms with Crippen molar-refractivity contribution in [3.8, 4) is 16.9 Å². The lowest BCUT2D eigenvalue weighted by Gasteiger charge is -2.19. The van der Waals surface area contributed by atoms with Gasteiger partial charge in [0.05, 0.1) is 29.8 Å². The van der Waals surface area contributed by atoms with E-state index < -0.39 is 27.3 Å². The average Bonchev–Trinajstić information content (AvgIpc) is 2.88. The van der Waals surface area contributed by atoms with Gasteiger partial charge < -0.3 is 10.5 Å². The van der Waals surface area contributed by atoms with Gasteiger partial charge in [-0.3, -0.25) is 4.79 Å². The molecule has 0 fully saturated rings. The molecule has 0 saturated carbocycles. The van der Waals surface area contributed by atoms with Crippen LogP contribution < -0.4 is 16.0 Å². The summed E-state index contributed by atoms with van der Waals surface area (Å²) in [5.74, 6) is -0.664. The Balaban J connectivity index is 1.92. The van der Waals surface area contributed by atoms with Gasteiger partial charge in [0.15, 0.2) is 21.4 Å². The van der Waals surface area contributed by atoms with Crippen LogP contribution in [0.5, 0.6) is 5.75 Å². The summed E-state index contributed by atoms with van der Waals surface area (Å²) in [4.78, 5) is 13.9. The maximum atomic E-state index is 15.4. The Hall–Kier alpha value is -3.82. The molecule has 9 heteroatoms. The highest BCUT2D eigenvalue weighted by Crippen LogP contribution is 2.31. The van der Waals surface area contributed by atoms with Crippen molar-refractivity contribution in [3.63, 3.8) is 0 Å². The van der Waals surface area contributed by atoms with Crippen molar-refractivity contribution >= 4 is 9.84 Å². The molecule has 7 nitrogen and oxygen atoms in total. The van der Waals surface area contributed by atoms with Crippen molar-refractivity contribution in [2.45, 2.75) is 30.8 Å². The van der Waals surface area contributed by atoms with Crippen LogP contribution in [0.3, 0.4) is 0 Å². The van der Waals surface area contributed by atoms with Gasteiger partial charge in [-0.2, -0.15) is 5.10 Å². The molecule has 1 unspecified atom stereocenters. The Morgan fingerprint density at radius 2 is 1.70 bits per heavy atom. The van der Waals surface area contributed by atoms with Crippen molar-refractivity contribution in [1.82, 2.24) is 9.78 Å². The second-order valence-electron chi connectivity index (χ2n) is 8.83. The van der Waals surface area contributed by atoms with Gasteiger partial charge in [0.25, 0.3) is 5.56 Å². The first kappa shape index (κ1) is 26.2. The van der Waals surface area contributed by atoms with Gasteiger partial charge in [-0.15, -0.1) is 0 Å². The number of halogens is 1. The first-order valence-corrected chi connectivity index (χ1v) is 13.5. The summed E-state index contributed by atoms with van der Waals surface area (Å²) in [7, 11) is -2.16. The Bertz CT molecular complexity index is 1600. The first-order chi connectivity index (χ1) is 17.6. The molecule has 1 atom stereocenters. The largest absolute Gasteiger partial charge is 0.494 e. The zero-order valence-electron chi connectivity index (χ0n) is 20.8. The van der Waals surface area contributed by atoms with Crippen molar-refractivity contribution in [3.05, 3.63) is 111 Å². The highest BCUT2D eigenvalue weighted by Gasteiger charge is 2.23. The molecule has 4 rings (SSSR count). The van der Waals surface area contributed by atoms with E-state index in [-0.39, 0.29) is 34.7 Å². The smallest absolute Gasteiger partial charge is 0.275 e. The van der Waals surface area contributed by atoms with Crippen molar-refractivity contribution in [1.29, 1.82) is 0 Å². The summed E-state index contributed by atoms with van der Waals surface area (Å²) < 4.78 is 46.5. The standard InChI is InChI=1S/C28H28FN3O4S/c1-18-23(16-20-12-7-8-15-25(20)37(3,34)35)31-32(17-22(30)19-10-5-4-6-11-19)28(33)26(18)21-13-9-14-24(36-2)27(21)29/h4-15,22H,16-17,30H2,1-3H3. The molecule has 0 spiro atoms. The number of hydrogen-bond acceptors (Lipinski definition) is 6. The molecule has 0 aliphatic rings. The van der Waals surface area contributed by atoms with Crippen LogP contribution in [0.2, 0.25) is 0 Å². The fraction of sp³-hybridized carbons (Fsp3) is 0.214. The van der Waals surface area contributed by atoms with Gasteiger partial charge in [-0.05, 0) is 35.7 Å². The predicted molar refractivity (Wildman–Crippen MR) is 141 cm³/mol. The minimum atomic E-state index is -3.51. The number of methoxy groups -OCH3 is 1. The number of hydrogen-bond donors (Lipinski definition) is 1. The molecule has 1 heterocycles. The predicted octanol–water partition coefficient (Wildman–Crippen LogP) is 4.06. The Morgan fingerprint density at radius 3 is 2.38 bits per heavy atom. The molecule has 3 aromatic carbocycles. The number of ether oxygens (including phenoxy) is 1. The molecule has 4 aromatic rings. The molecular formula is C28H28FN3O4S. The van der Waals surface area contributed by atoms with Crippen molar-refractivity contribution in [2.24, 2.45) is 5.73 Å². The fourth-order valence-electron chi connectivity index (χ4n) is 4.35. The summed E-state index contributed by atoms with van der Waals surface area (Å²) in [5.41, 5.74) is 8.33. The highest BCUT2D eigenvalue weighted by molar-refractivity contribution is 7.90. The SMILES string of the molecule is COc1cccc(-c2c(C)c(Cc3ccccc3S(C)(=O)=O)nn(CC(N)c3ccccc3)c2=O)c1F. The Morgan fingerprint density at radius 1 is 1.03 bits per heavy atom. The molecule has 192 valence electrons. The van der Waals surface area contributed by atoms with Crippen LogP contribution in [-0.4, -0.2) is 31.6 Å². The Labute approximate surface area is 215 Å². The third kappa shape index (κ3) is 5.47. The lowest BCUT2D eigenvalue weighted by molar-refractivity contribution is 0.387. The maximum absolute atomic E-state index is 15.4. The van der Waals surface area contributed by atoms with E-state index in [1.807, 2.05) is 30.3 Å². The van der Waals surface area contributed by atoms with Crippen LogP contribution in [0.25, 0.3) is 11.1 Å². The van der Waals surface area contributed by atoms with Gasteiger partial charge in [-0.1, -0.05) is 60.7 Å². The number of nitrogens with two attached hydrogens (primary N) is 1. The third-order valence-corrected chi connectivity index (χ3v) is 7.47. The molecule has 0 saturated heterocycles. The lowest BCUT2D eigenvalue weighted by atomic mass is 9.97. The summed E-state index contributed by atoms with van der Waals surface area (Å²) in [5, 5.41) is 4.59. The summed E-state index contributed by atoms with van der Waals surface area (Å²) in [6.07, 6.45) is 1.26. The molecule has 0 radical (unpaired) electrons. The topological polar surface area (TPSA) is 104 Å². The second kappa shape index (κ2) is 10.7. The van der Waals surface area contributed by atoms with E-state index >= 15 is 4.39 Å². The van der Waals surface area contributed by atoms with E-state index in [4.69, 9.17) is 10.5 Å². The summed E-state index contributed by atoms with van der Waals surface area (Å²) in [6.45, 7) is 1.73. The summed E-state index contributed by atoms with van der Waals surface area (Å²) >= 11 is 0. The van der Waals surface area contributed by atoms with Gasteiger partial charge >= 0.3 is 0 Å². The number of nitrogens with zero attached hydrogens (tertiary/aromatic N) is 2. The molecular weight excluding hydrogens is 493 g/mol. The van der Waals surface area contributed by atoms with E-state index in [0.717, 1.165) is 11.8 Å². The van der Waals surface area contributed by atoms with Crippen LogP contribution in [0.4, 0.5) is 4.39 Å². The number of benzene rings is 3. The fourth-order valence-corrected chi connectivity index (χ4v) is 5.30. The normalized spacial score (nSPS) is 12.4. The molecule has 2 N–H and O–H groups in total. The monoisotopic (exact) mass is 521 g/mol. The molecule has 0 aliphatic heterocycles. The van der Waals surface area contributed by atoms with E-state index in [0.29, 0.717) is 16.8 Å². The van der Waals surface area contributed by atoms with Gasteiger partial charge in [0, 0.05) is 24.3 Å². The van der Waals surface area contributed by atoms with E-state index in [9.17, 15) is 13.2 Å². The van der Waals surface area contributed by atoms with Gasteiger partial charge in [-0.25, -0.2) is 17.5 Å². The highest BCUT2D eigenvalue weighted by atomic mass is 32.2. The molecule has 0 bridgehead atoms. The van der Waals surface area contributed by atoms with E-state index in [1.54, 1.807) is 31.2 Å². The lowest BCUT2D eigenvalue weighted by Crippen LogP contribution is -2.32. The van der Waals surface area contributed by atoms with Crippen molar-refractivity contribution < 1.29 is 17.5 Å². The number of sulfone groups is 1. The van der Waals surface area contributed by atoms with Gasteiger partial charge in [0.2, 0.25) is 0 Å². The zero-order chi connectivity index (χ0) is 26.7. The molecule has 0 amide bonds. The minimum absolute atomic E-state index is 0.00428. The zero-order valence-corrected chi connectivity index (χ0v) is 21.6. The molecule has 1 aromatic heterocycles. The van der Waals surface area contributed by atoms with Crippen LogP contribution in [0, 0.1) is 12.7 Å².